The molecule has 8 nitrogen and oxygen atoms in total. The van der Waals surface area contributed by atoms with Crippen molar-refractivity contribution in [2.75, 3.05) is 62.3 Å². The molecule has 0 N–H and O–H groups in total. The number of piperazine rings is 1. The highest BCUT2D eigenvalue weighted by Gasteiger charge is 2.29. The largest absolute Gasteiger partial charge is 0.378 e. The summed E-state index contributed by atoms with van der Waals surface area (Å²) in [5, 5.41) is 0. The van der Waals surface area contributed by atoms with Gasteiger partial charge in [0.1, 0.15) is 17.5 Å². The Morgan fingerprint density at radius 1 is 0.862 bits per heavy atom. The second kappa shape index (κ2) is 8.25. The molecule has 4 rings (SSSR count). The lowest BCUT2D eigenvalue weighted by atomic mass is 10.2. The molecule has 0 atom stereocenters. The average molecular weight is 418 g/mol. The molecule has 0 aliphatic carbocycles. The number of anilines is 2. The lowest BCUT2D eigenvalue weighted by molar-refractivity contribution is 0.122. The van der Waals surface area contributed by atoms with E-state index < -0.39 is 10.0 Å². The van der Waals surface area contributed by atoms with Gasteiger partial charge in [0.05, 0.1) is 18.1 Å². The number of hydrogen-bond donors (Lipinski definition) is 0. The van der Waals surface area contributed by atoms with Crippen LogP contribution in [0, 0.1) is 13.8 Å². The van der Waals surface area contributed by atoms with Gasteiger partial charge in [-0.15, -0.1) is 0 Å². The van der Waals surface area contributed by atoms with Crippen LogP contribution in [0.15, 0.2) is 35.2 Å². The van der Waals surface area contributed by atoms with Crippen molar-refractivity contribution in [3.8, 4) is 0 Å². The summed E-state index contributed by atoms with van der Waals surface area (Å²) >= 11 is 0. The molecule has 0 amide bonds. The fourth-order valence-electron chi connectivity index (χ4n) is 3.74. The first-order valence-electron chi connectivity index (χ1n) is 9.94. The predicted octanol–water partition coefficient (Wildman–Crippen LogP) is 1.44. The Balaban J connectivity index is 1.47. The normalized spacial score (nSPS) is 18.8. The maximum absolute atomic E-state index is 13.0. The lowest BCUT2D eigenvalue weighted by Crippen LogP contribution is -2.49. The van der Waals surface area contributed by atoms with E-state index in [1.165, 1.54) is 0 Å². The Bertz CT molecular complexity index is 968. The van der Waals surface area contributed by atoms with Crippen LogP contribution in [-0.2, 0) is 14.8 Å². The average Bonchev–Trinajstić information content (AvgIpc) is 2.74. The molecule has 2 saturated heterocycles. The van der Waals surface area contributed by atoms with Gasteiger partial charge in [0, 0.05) is 45.3 Å². The third kappa shape index (κ3) is 4.36. The first kappa shape index (κ1) is 20.1. The van der Waals surface area contributed by atoms with E-state index in [1.54, 1.807) is 22.5 Å². The van der Waals surface area contributed by atoms with Crippen molar-refractivity contribution in [3.63, 3.8) is 0 Å². The second-order valence-electron chi connectivity index (χ2n) is 7.44. The Kier molecular flexibility index (Phi) is 5.71. The first-order valence-corrected chi connectivity index (χ1v) is 11.4. The van der Waals surface area contributed by atoms with Gasteiger partial charge in [-0.1, -0.05) is 12.1 Å². The van der Waals surface area contributed by atoms with E-state index in [1.807, 2.05) is 26.0 Å². The highest BCUT2D eigenvalue weighted by molar-refractivity contribution is 7.89. The number of benzene rings is 1. The van der Waals surface area contributed by atoms with Crippen LogP contribution in [0.1, 0.15) is 11.4 Å². The Morgan fingerprint density at radius 2 is 1.48 bits per heavy atom. The molecule has 0 spiro atoms. The fourth-order valence-corrected chi connectivity index (χ4v) is 5.26. The van der Waals surface area contributed by atoms with Crippen LogP contribution < -0.4 is 9.80 Å². The minimum absolute atomic E-state index is 0.360. The summed E-state index contributed by atoms with van der Waals surface area (Å²) in [5.41, 5.74) is 0.941. The SMILES string of the molecule is Cc1cccc(S(=O)(=O)N2CCN(c3cc(N4CCOCC4)nc(C)n3)CC2)c1. The van der Waals surface area contributed by atoms with Gasteiger partial charge in [-0.3, -0.25) is 0 Å². The van der Waals surface area contributed by atoms with Gasteiger partial charge in [-0.25, -0.2) is 18.4 Å². The summed E-state index contributed by atoms with van der Waals surface area (Å²) in [4.78, 5) is 13.9. The van der Waals surface area contributed by atoms with Gasteiger partial charge < -0.3 is 14.5 Å². The molecule has 0 unspecified atom stereocenters. The number of nitrogens with zero attached hydrogens (tertiary/aromatic N) is 5. The maximum atomic E-state index is 13.0. The molecule has 3 heterocycles. The fraction of sp³-hybridized carbons (Fsp3) is 0.500. The van der Waals surface area contributed by atoms with E-state index in [0.717, 1.165) is 36.1 Å². The number of aryl methyl sites for hydroxylation is 2. The number of aromatic nitrogens is 2. The van der Waals surface area contributed by atoms with E-state index in [4.69, 9.17) is 4.74 Å². The predicted molar refractivity (Wildman–Crippen MR) is 112 cm³/mol. The minimum Gasteiger partial charge on any atom is -0.378 e. The molecule has 156 valence electrons. The summed E-state index contributed by atoms with van der Waals surface area (Å²) in [7, 11) is -3.47. The Labute approximate surface area is 172 Å². The topological polar surface area (TPSA) is 78.9 Å². The highest BCUT2D eigenvalue weighted by atomic mass is 32.2. The van der Waals surface area contributed by atoms with Crippen molar-refractivity contribution in [2.24, 2.45) is 0 Å². The van der Waals surface area contributed by atoms with Gasteiger partial charge in [0.2, 0.25) is 10.0 Å². The lowest BCUT2D eigenvalue weighted by Gasteiger charge is -2.35. The van der Waals surface area contributed by atoms with E-state index in [9.17, 15) is 8.42 Å². The van der Waals surface area contributed by atoms with Crippen LogP contribution in [0.2, 0.25) is 0 Å². The molecule has 1 aromatic carbocycles. The smallest absolute Gasteiger partial charge is 0.243 e. The van der Waals surface area contributed by atoms with Gasteiger partial charge in [-0.05, 0) is 31.5 Å². The first-order chi connectivity index (χ1) is 13.9. The van der Waals surface area contributed by atoms with Gasteiger partial charge >= 0.3 is 0 Å². The van der Waals surface area contributed by atoms with Crippen molar-refractivity contribution in [2.45, 2.75) is 18.7 Å². The van der Waals surface area contributed by atoms with E-state index in [0.29, 0.717) is 44.3 Å². The number of ether oxygens (including phenoxy) is 1. The molecule has 1 aromatic heterocycles. The quantitative estimate of drug-likeness (QED) is 0.745. The summed E-state index contributed by atoms with van der Waals surface area (Å²) in [6, 6.07) is 9.08. The van der Waals surface area contributed by atoms with Gasteiger partial charge in [0.15, 0.2) is 0 Å². The molecular formula is C20H27N5O3S. The van der Waals surface area contributed by atoms with Crippen molar-refractivity contribution >= 4 is 21.7 Å². The van der Waals surface area contributed by atoms with Crippen LogP contribution in [0.3, 0.4) is 0 Å². The van der Waals surface area contributed by atoms with Crippen molar-refractivity contribution in [1.29, 1.82) is 0 Å². The zero-order valence-corrected chi connectivity index (χ0v) is 17.7. The molecule has 9 heteroatoms. The third-order valence-corrected chi connectivity index (χ3v) is 7.23. The van der Waals surface area contributed by atoms with Crippen LogP contribution in [0.5, 0.6) is 0 Å². The highest BCUT2D eigenvalue weighted by Crippen LogP contribution is 2.23. The third-order valence-electron chi connectivity index (χ3n) is 5.34. The minimum atomic E-state index is -3.47. The number of rotatable bonds is 4. The zero-order valence-electron chi connectivity index (χ0n) is 16.9. The molecule has 0 bridgehead atoms. The number of sulfonamides is 1. The monoisotopic (exact) mass is 417 g/mol. The van der Waals surface area contributed by atoms with E-state index >= 15 is 0 Å². The molecule has 2 aromatic rings. The molecular weight excluding hydrogens is 390 g/mol. The van der Waals surface area contributed by atoms with Crippen LogP contribution in [-0.4, -0.2) is 75.2 Å². The number of hydrogen-bond acceptors (Lipinski definition) is 7. The van der Waals surface area contributed by atoms with Crippen LogP contribution >= 0.6 is 0 Å². The summed E-state index contributed by atoms with van der Waals surface area (Å²) in [5.74, 6) is 2.48. The molecule has 0 radical (unpaired) electrons. The van der Waals surface area contributed by atoms with Crippen molar-refractivity contribution in [3.05, 3.63) is 41.7 Å². The summed E-state index contributed by atoms with van der Waals surface area (Å²) < 4.78 is 32.9. The Hall–Kier alpha value is -2.23. The maximum Gasteiger partial charge on any atom is 0.243 e. The van der Waals surface area contributed by atoms with Crippen LogP contribution in [0.4, 0.5) is 11.6 Å². The standard InChI is InChI=1S/C20H27N5O3S/c1-16-4-3-5-18(14-16)29(26,27)25-8-6-23(7-9-25)19-15-20(22-17(2)21-19)24-10-12-28-13-11-24/h3-5,14-15H,6-13H2,1-2H3. The van der Waals surface area contributed by atoms with Gasteiger partial charge in [-0.2, -0.15) is 4.31 Å². The van der Waals surface area contributed by atoms with Gasteiger partial charge in [0.25, 0.3) is 0 Å². The Morgan fingerprint density at radius 3 is 2.10 bits per heavy atom. The summed E-state index contributed by atoms with van der Waals surface area (Å²) in [6.45, 7) is 8.91. The molecule has 2 fully saturated rings. The molecule has 29 heavy (non-hydrogen) atoms. The van der Waals surface area contributed by atoms with E-state index in [2.05, 4.69) is 19.8 Å². The molecule has 2 aliphatic rings. The molecule has 2 aliphatic heterocycles. The van der Waals surface area contributed by atoms with Crippen molar-refractivity contribution in [1.82, 2.24) is 14.3 Å². The summed E-state index contributed by atoms with van der Waals surface area (Å²) in [6.07, 6.45) is 0. The second-order valence-corrected chi connectivity index (χ2v) is 9.38. The van der Waals surface area contributed by atoms with Crippen molar-refractivity contribution < 1.29 is 13.2 Å². The zero-order chi connectivity index (χ0) is 20.4. The van der Waals surface area contributed by atoms with Crippen LogP contribution in [0.25, 0.3) is 0 Å². The molecule has 0 saturated carbocycles. The van der Waals surface area contributed by atoms with E-state index in [-0.39, 0.29) is 0 Å². The number of morpholine rings is 1.